The molecule has 1 amide bonds. The Kier molecular flexibility index (Phi) is 5.80. The zero-order chi connectivity index (χ0) is 17.7. The molecule has 0 aromatic heterocycles. The van der Waals surface area contributed by atoms with E-state index < -0.39 is 21.4 Å². The molecular weight excluding hydrogens is 330 g/mol. The molecule has 0 bridgehead atoms. The SMILES string of the molecule is CCNS(=O)(=O)[C@@H]1CCN(C(=O)[C@@H](C)Oc2ccc(C#N)cc2)C1. The van der Waals surface area contributed by atoms with Crippen molar-refractivity contribution >= 4 is 15.9 Å². The first-order valence-electron chi connectivity index (χ1n) is 7.81. The number of hydrogen-bond acceptors (Lipinski definition) is 5. The van der Waals surface area contributed by atoms with Crippen molar-refractivity contribution in [3.05, 3.63) is 29.8 Å². The van der Waals surface area contributed by atoms with Gasteiger partial charge in [-0.2, -0.15) is 5.26 Å². The molecule has 1 fully saturated rings. The van der Waals surface area contributed by atoms with Crippen LogP contribution in [0.5, 0.6) is 5.75 Å². The van der Waals surface area contributed by atoms with Gasteiger partial charge in [-0.15, -0.1) is 0 Å². The summed E-state index contributed by atoms with van der Waals surface area (Å²) in [6.45, 7) is 4.27. The van der Waals surface area contributed by atoms with Crippen LogP contribution in [0.25, 0.3) is 0 Å². The van der Waals surface area contributed by atoms with Crippen molar-refractivity contribution in [1.29, 1.82) is 5.26 Å². The smallest absolute Gasteiger partial charge is 0.263 e. The largest absolute Gasteiger partial charge is 0.481 e. The van der Waals surface area contributed by atoms with Gasteiger partial charge in [-0.25, -0.2) is 13.1 Å². The van der Waals surface area contributed by atoms with E-state index in [0.29, 0.717) is 30.8 Å². The third-order valence-electron chi connectivity index (χ3n) is 3.89. The Morgan fingerprint density at radius 1 is 1.46 bits per heavy atom. The summed E-state index contributed by atoms with van der Waals surface area (Å²) >= 11 is 0. The van der Waals surface area contributed by atoms with Crippen molar-refractivity contribution in [3.63, 3.8) is 0 Å². The van der Waals surface area contributed by atoms with Crippen LogP contribution in [-0.2, 0) is 14.8 Å². The Hall–Kier alpha value is -2.11. The lowest BCUT2D eigenvalue weighted by Crippen LogP contribution is -2.41. The Balaban J connectivity index is 1.95. The van der Waals surface area contributed by atoms with Crippen LogP contribution in [0.1, 0.15) is 25.8 Å². The predicted molar refractivity (Wildman–Crippen MR) is 88.8 cm³/mol. The highest BCUT2D eigenvalue weighted by Gasteiger charge is 2.36. The first kappa shape index (κ1) is 18.2. The molecule has 0 radical (unpaired) electrons. The van der Waals surface area contributed by atoms with Crippen molar-refractivity contribution in [2.45, 2.75) is 31.6 Å². The maximum Gasteiger partial charge on any atom is 0.263 e. The van der Waals surface area contributed by atoms with Crippen molar-refractivity contribution in [3.8, 4) is 11.8 Å². The van der Waals surface area contributed by atoms with Crippen LogP contribution in [0.15, 0.2) is 24.3 Å². The summed E-state index contributed by atoms with van der Waals surface area (Å²) in [5.74, 6) is 0.249. The topological polar surface area (TPSA) is 99.5 Å². The van der Waals surface area contributed by atoms with E-state index in [2.05, 4.69) is 4.72 Å². The Bertz CT molecular complexity index is 725. The number of sulfonamides is 1. The average Bonchev–Trinajstić information content (AvgIpc) is 3.05. The van der Waals surface area contributed by atoms with E-state index in [4.69, 9.17) is 10.00 Å². The molecule has 1 aliphatic heterocycles. The molecule has 1 N–H and O–H groups in total. The number of hydrogen-bond donors (Lipinski definition) is 1. The summed E-state index contributed by atoms with van der Waals surface area (Å²) in [5.41, 5.74) is 0.511. The number of amides is 1. The van der Waals surface area contributed by atoms with Crippen molar-refractivity contribution < 1.29 is 17.9 Å². The van der Waals surface area contributed by atoms with Gasteiger partial charge in [-0.05, 0) is 37.6 Å². The number of nitrogens with one attached hydrogen (secondary N) is 1. The minimum absolute atomic E-state index is 0.176. The number of ether oxygens (including phenoxy) is 1. The predicted octanol–water partition coefficient (Wildman–Crippen LogP) is 0.866. The molecule has 130 valence electrons. The fraction of sp³-hybridized carbons (Fsp3) is 0.500. The zero-order valence-electron chi connectivity index (χ0n) is 13.7. The van der Waals surface area contributed by atoms with Crippen LogP contribution in [0.4, 0.5) is 0 Å². The molecule has 1 aromatic carbocycles. The Morgan fingerprint density at radius 3 is 2.71 bits per heavy atom. The number of carbonyl (C=O) groups excluding carboxylic acids is 1. The first-order chi connectivity index (χ1) is 11.4. The third kappa shape index (κ3) is 4.24. The average molecular weight is 351 g/mol. The van der Waals surface area contributed by atoms with E-state index in [1.54, 1.807) is 38.1 Å². The van der Waals surface area contributed by atoms with E-state index in [1.807, 2.05) is 6.07 Å². The van der Waals surface area contributed by atoms with E-state index in [0.717, 1.165) is 0 Å². The molecule has 2 rings (SSSR count). The zero-order valence-corrected chi connectivity index (χ0v) is 14.5. The fourth-order valence-corrected chi connectivity index (χ4v) is 4.05. The third-order valence-corrected chi connectivity index (χ3v) is 5.84. The lowest BCUT2D eigenvalue weighted by molar-refractivity contribution is -0.136. The fourth-order valence-electron chi connectivity index (χ4n) is 2.62. The molecule has 0 saturated carbocycles. The molecule has 1 saturated heterocycles. The number of benzene rings is 1. The van der Waals surface area contributed by atoms with Crippen LogP contribution in [0.3, 0.4) is 0 Å². The number of carbonyl (C=O) groups is 1. The van der Waals surface area contributed by atoms with Gasteiger partial charge < -0.3 is 9.64 Å². The van der Waals surface area contributed by atoms with Crippen LogP contribution in [0.2, 0.25) is 0 Å². The lowest BCUT2D eigenvalue weighted by atomic mass is 10.2. The van der Waals surface area contributed by atoms with Gasteiger partial charge in [0.05, 0.1) is 16.9 Å². The Labute approximate surface area is 142 Å². The van der Waals surface area contributed by atoms with Crippen LogP contribution >= 0.6 is 0 Å². The second-order valence-corrected chi connectivity index (χ2v) is 7.68. The second-order valence-electron chi connectivity index (χ2n) is 5.63. The summed E-state index contributed by atoms with van der Waals surface area (Å²) in [6.07, 6.45) is -0.302. The van der Waals surface area contributed by atoms with E-state index in [9.17, 15) is 13.2 Å². The monoisotopic (exact) mass is 351 g/mol. The van der Waals surface area contributed by atoms with Gasteiger partial charge in [0.2, 0.25) is 10.0 Å². The maximum atomic E-state index is 12.4. The summed E-state index contributed by atoms with van der Waals surface area (Å²) in [6, 6.07) is 8.50. The van der Waals surface area contributed by atoms with Gasteiger partial charge in [0, 0.05) is 19.6 Å². The van der Waals surface area contributed by atoms with Crippen LogP contribution in [0, 0.1) is 11.3 Å². The molecule has 1 aromatic rings. The van der Waals surface area contributed by atoms with E-state index in [1.165, 1.54) is 4.90 Å². The van der Waals surface area contributed by atoms with Crippen molar-refractivity contribution in [2.24, 2.45) is 0 Å². The molecule has 0 spiro atoms. The number of likely N-dealkylation sites (tertiary alicyclic amines) is 1. The molecule has 0 aliphatic carbocycles. The standard InChI is InChI=1S/C16H21N3O4S/c1-3-18-24(21,22)15-8-9-19(11-15)16(20)12(2)23-14-6-4-13(10-17)5-7-14/h4-7,12,15,18H,3,8-9,11H2,1-2H3/t12-,15-/m1/s1. The number of rotatable bonds is 6. The van der Waals surface area contributed by atoms with Gasteiger partial charge in [0.15, 0.2) is 6.10 Å². The normalized spacial score (nSPS) is 18.9. The summed E-state index contributed by atoms with van der Waals surface area (Å²) < 4.78 is 32.1. The molecule has 24 heavy (non-hydrogen) atoms. The van der Waals surface area contributed by atoms with Gasteiger partial charge in [-0.1, -0.05) is 6.92 Å². The maximum absolute atomic E-state index is 12.4. The molecule has 0 unspecified atom stereocenters. The quantitative estimate of drug-likeness (QED) is 0.820. The molecule has 8 heteroatoms. The van der Waals surface area contributed by atoms with E-state index >= 15 is 0 Å². The van der Waals surface area contributed by atoms with Crippen molar-refractivity contribution in [2.75, 3.05) is 19.6 Å². The Morgan fingerprint density at radius 2 is 2.12 bits per heavy atom. The lowest BCUT2D eigenvalue weighted by Gasteiger charge is -2.22. The minimum atomic E-state index is -3.38. The summed E-state index contributed by atoms with van der Waals surface area (Å²) in [5, 5.41) is 8.18. The first-order valence-corrected chi connectivity index (χ1v) is 9.36. The van der Waals surface area contributed by atoms with Gasteiger partial charge in [0.25, 0.3) is 5.91 Å². The summed E-state index contributed by atoms with van der Waals surface area (Å²) in [4.78, 5) is 14.0. The highest BCUT2D eigenvalue weighted by atomic mass is 32.2. The number of nitriles is 1. The van der Waals surface area contributed by atoms with E-state index in [-0.39, 0.29) is 12.5 Å². The molecular formula is C16H21N3O4S. The molecule has 1 heterocycles. The number of nitrogens with zero attached hydrogens (tertiary/aromatic N) is 2. The molecule has 7 nitrogen and oxygen atoms in total. The molecule has 2 atom stereocenters. The van der Waals surface area contributed by atoms with Gasteiger partial charge in [-0.3, -0.25) is 4.79 Å². The minimum Gasteiger partial charge on any atom is -0.481 e. The molecule has 1 aliphatic rings. The summed E-state index contributed by atoms with van der Waals surface area (Å²) in [7, 11) is -3.38. The van der Waals surface area contributed by atoms with Crippen molar-refractivity contribution in [1.82, 2.24) is 9.62 Å². The van der Waals surface area contributed by atoms with Gasteiger partial charge in [0.1, 0.15) is 5.75 Å². The van der Waals surface area contributed by atoms with Crippen LogP contribution in [-0.4, -0.2) is 50.2 Å². The highest BCUT2D eigenvalue weighted by molar-refractivity contribution is 7.90. The second kappa shape index (κ2) is 7.64. The van der Waals surface area contributed by atoms with Gasteiger partial charge >= 0.3 is 0 Å². The van der Waals surface area contributed by atoms with Crippen LogP contribution < -0.4 is 9.46 Å². The highest BCUT2D eigenvalue weighted by Crippen LogP contribution is 2.19.